The summed E-state index contributed by atoms with van der Waals surface area (Å²) >= 11 is 0. The summed E-state index contributed by atoms with van der Waals surface area (Å²) in [5.74, 6) is -0.319. The molecule has 2 atom stereocenters. The van der Waals surface area contributed by atoms with Crippen LogP contribution in [0.15, 0.2) is 24.3 Å². The number of anilines is 1. The fourth-order valence-electron chi connectivity index (χ4n) is 4.84. The van der Waals surface area contributed by atoms with Crippen molar-refractivity contribution in [1.82, 2.24) is 15.1 Å². The fourth-order valence-corrected chi connectivity index (χ4v) is 4.84. The van der Waals surface area contributed by atoms with E-state index in [1.807, 2.05) is 13.0 Å². The third kappa shape index (κ3) is 6.96. The number of urea groups is 1. The summed E-state index contributed by atoms with van der Waals surface area (Å²) < 4.78 is 5.58. The SMILES string of the molecule is CCCCNC(=O)CCCN1C(=O)C2CCCCC2N(CC(=O)Nc2ccccc2OCC)C1=O. The Balaban J connectivity index is 1.65. The lowest BCUT2D eigenvalue weighted by Crippen LogP contribution is -2.63. The molecule has 1 aromatic rings. The molecular formula is C26H38N4O5. The highest BCUT2D eigenvalue weighted by atomic mass is 16.5. The molecule has 1 aromatic carbocycles. The predicted octanol–water partition coefficient (Wildman–Crippen LogP) is 3.54. The quantitative estimate of drug-likeness (QED) is 0.440. The molecule has 0 spiro atoms. The van der Waals surface area contributed by atoms with Gasteiger partial charge in [0.2, 0.25) is 17.7 Å². The largest absolute Gasteiger partial charge is 0.492 e. The van der Waals surface area contributed by atoms with Gasteiger partial charge in [0.1, 0.15) is 12.3 Å². The first-order valence-corrected chi connectivity index (χ1v) is 12.9. The zero-order valence-corrected chi connectivity index (χ0v) is 20.9. The van der Waals surface area contributed by atoms with Gasteiger partial charge in [-0.25, -0.2) is 4.79 Å². The van der Waals surface area contributed by atoms with Crippen molar-refractivity contribution in [2.75, 3.05) is 31.6 Å². The number of carbonyl (C=O) groups excluding carboxylic acids is 4. The second-order valence-corrected chi connectivity index (χ2v) is 9.14. The van der Waals surface area contributed by atoms with Gasteiger partial charge in [0.05, 0.1) is 18.2 Å². The molecule has 0 aromatic heterocycles. The van der Waals surface area contributed by atoms with Crippen LogP contribution < -0.4 is 15.4 Å². The maximum absolute atomic E-state index is 13.4. The summed E-state index contributed by atoms with van der Waals surface area (Å²) in [6, 6.07) is 6.45. The molecule has 9 heteroatoms. The number of carbonyl (C=O) groups is 4. The first kappa shape index (κ1) is 26.5. The Labute approximate surface area is 207 Å². The molecule has 0 bridgehead atoms. The van der Waals surface area contributed by atoms with E-state index in [-0.39, 0.29) is 49.2 Å². The van der Waals surface area contributed by atoms with Crippen molar-refractivity contribution >= 4 is 29.4 Å². The van der Waals surface area contributed by atoms with Crippen LogP contribution in [0.2, 0.25) is 0 Å². The number of hydrogen-bond donors (Lipinski definition) is 2. The van der Waals surface area contributed by atoms with E-state index in [4.69, 9.17) is 4.74 Å². The van der Waals surface area contributed by atoms with Crippen molar-refractivity contribution in [1.29, 1.82) is 0 Å². The lowest BCUT2D eigenvalue weighted by atomic mass is 9.81. The number of hydrogen-bond acceptors (Lipinski definition) is 5. The van der Waals surface area contributed by atoms with Crippen LogP contribution in [0.3, 0.4) is 0 Å². The molecule has 1 heterocycles. The number of unbranched alkanes of at least 4 members (excludes halogenated alkanes) is 1. The van der Waals surface area contributed by atoms with E-state index in [0.29, 0.717) is 43.9 Å². The number of fused-ring (bicyclic) bond motifs is 1. The maximum Gasteiger partial charge on any atom is 0.327 e. The Morgan fingerprint density at radius 3 is 2.60 bits per heavy atom. The molecule has 5 amide bonds. The topological polar surface area (TPSA) is 108 Å². The van der Waals surface area contributed by atoms with E-state index in [0.717, 1.165) is 25.7 Å². The third-order valence-electron chi connectivity index (χ3n) is 6.60. The molecule has 1 aliphatic heterocycles. The normalized spacial score (nSPS) is 19.8. The van der Waals surface area contributed by atoms with Gasteiger partial charge in [-0.15, -0.1) is 0 Å². The Morgan fingerprint density at radius 2 is 1.83 bits per heavy atom. The molecule has 9 nitrogen and oxygen atoms in total. The number of nitrogens with zero attached hydrogens (tertiary/aromatic N) is 2. The van der Waals surface area contributed by atoms with Gasteiger partial charge in [0.25, 0.3) is 0 Å². The number of imide groups is 1. The van der Waals surface area contributed by atoms with Crippen molar-refractivity contribution in [3.8, 4) is 5.75 Å². The highest BCUT2D eigenvalue weighted by Crippen LogP contribution is 2.34. The Kier molecular flexibility index (Phi) is 9.93. The molecule has 2 N–H and O–H groups in total. The molecule has 2 aliphatic rings. The van der Waals surface area contributed by atoms with Crippen LogP contribution >= 0.6 is 0 Å². The van der Waals surface area contributed by atoms with Gasteiger partial charge >= 0.3 is 6.03 Å². The highest BCUT2D eigenvalue weighted by Gasteiger charge is 2.47. The first-order chi connectivity index (χ1) is 17.0. The van der Waals surface area contributed by atoms with E-state index >= 15 is 0 Å². The Bertz CT molecular complexity index is 905. The average Bonchev–Trinajstić information content (AvgIpc) is 2.85. The Morgan fingerprint density at radius 1 is 1.06 bits per heavy atom. The molecule has 2 unspecified atom stereocenters. The van der Waals surface area contributed by atoms with Crippen LogP contribution in [0.25, 0.3) is 0 Å². The van der Waals surface area contributed by atoms with E-state index in [1.165, 1.54) is 4.90 Å². The van der Waals surface area contributed by atoms with Gasteiger partial charge in [-0.05, 0) is 44.7 Å². The second-order valence-electron chi connectivity index (χ2n) is 9.14. The summed E-state index contributed by atoms with van der Waals surface area (Å²) in [5.41, 5.74) is 0.547. The van der Waals surface area contributed by atoms with Crippen LogP contribution in [-0.4, -0.2) is 65.8 Å². The molecule has 192 valence electrons. The third-order valence-corrected chi connectivity index (χ3v) is 6.60. The molecule has 1 saturated carbocycles. The van der Waals surface area contributed by atoms with Gasteiger partial charge < -0.3 is 20.3 Å². The second kappa shape index (κ2) is 13.1. The molecule has 1 aliphatic carbocycles. The minimum atomic E-state index is -0.446. The van der Waals surface area contributed by atoms with Gasteiger partial charge in [0, 0.05) is 25.6 Å². The fraction of sp³-hybridized carbons (Fsp3) is 0.615. The van der Waals surface area contributed by atoms with Gasteiger partial charge in [0.15, 0.2) is 0 Å². The summed E-state index contributed by atoms with van der Waals surface area (Å²) in [7, 11) is 0. The van der Waals surface area contributed by atoms with Crippen LogP contribution in [0.1, 0.15) is 65.2 Å². The van der Waals surface area contributed by atoms with Crippen molar-refractivity contribution in [3.05, 3.63) is 24.3 Å². The molecule has 1 saturated heterocycles. The summed E-state index contributed by atoms with van der Waals surface area (Å²) in [5, 5.41) is 5.71. The Hall–Kier alpha value is -3.10. The van der Waals surface area contributed by atoms with Crippen LogP contribution in [-0.2, 0) is 14.4 Å². The van der Waals surface area contributed by atoms with Crippen molar-refractivity contribution in [2.24, 2.45) is 5.92 Å². The van der Waals surface area contributed by atoms with E-state index in [1.54, 1.807) is 23.1 Å². The smallest absolute Gasteiger partial charge is 0.327 e. The lowest BCUT2D eigenvalue weighted by molar-refractivity contribution is -0.142. The minimum Gasteiger partial charge on any atom is -0.492 e. The zero-order valence-electron chi connectivity index (χ0n) is 20.9. The van der Waals surface area contributed by atoms with Gasteiger partial charge in [-0.1, -0.05) is 38.3 Å². The molecular weight excluding hydrogens is 448 g/mol. The molecule has 3 rings (SSSR count). The van der Waals surface area contributed by atoms with Gasteiger partial charge in [-0.2, -0.15) is 0 Å². The van der Waals surface area contributed by atoms with E-state index in [9.17, 15) is 19.2 Å². The molecule has 2 fully saturated rings. The monoisotopic (exact) mass is 486 g/mol. The predicted molar refractivity (Wildman–Crippen MR) is 133 cm³/mol. The first-order valence-electron chi connectivity index (χ1n) is 12.9. The zero-order chi connectivity index (χ0) is 25.2. The van der Waals surface area contributed by atoms with E-state index in [2.05, 4.69) is 17.6 Å². The van der Waals surface area contributed by atoms with E-state index < -0.39 is 6.03 Å². The van der Waals surface area contributed by atoms with Crippen molar-refractivity contribution in [2.45, 2.75) is 71.3 Å². The number of para-hydroxylation sites is 2. The summed E-state index contributed by atoms with van der Waals surface area (Å²) in [4.78, 5) is 54.3. The van der Waals surface area contributed by atoms with Crippen LogP contribution in [0.4, 0.5) is 10.5 Å². The minimum absolute atomic E-state index is 0.0740. The number of nitrogens with one attached hydrogen (secondary N) is 2. The summed E-state index contributed by atoms with van der Waals surface area (Å²) in [6.07, 6.45) is 5.83. The van der Waals surface area contributed by atoms with Crippen LogP contribution in [0.5, 0.6) is 5.75 Å². The summed E-state index contributed by atoms with van der Waals surface area (Å²) in [6.45, 7) is 5.07. The average molecular weight is 487 g/mol. The van der Waals surface area contributed by atoms with Gasteiger partial charge in [-0.3, -0.25) is 19.3 Å². The molecule has 0 radical (unpaired) electrons. The maximum atomic E-state index is 13.4. The number of rotatable bonds is 12. The number of ether oxygens (including phenoxy) is 1. The van der Waals surface area contributed by atoms with Crippen molar-refractivity contribution < 1.29 is 23.9 Å². The lowest BCUT2D eigenvalue weighted by Gasteiger charge is -2.46. The highest BCUT2D eigenvalue weighted by molar-refractivity contribution is 6.02. The number of amides is 5. The van der Waals surface area contributed by atoms with Crippen LogP contribution in [0, 0.1) is 5.92 Å². The molecule has 35 heavy (non-hydrogen) atoms. The van der Waals surface area contributed by atoms with Crippen molar-refractivity contribution in [3.63, 3.8) is 0 Å². The standard InChI is InChI=1S/C26H38N4O5/c1-3-5-16-27-23(31)15-10-17-29-25(33)19-11-6-8-13-21(19)30(26(29)34)18-24(32)28-20-12-7-9-14-22(20)35-4-2/h7,9,12,14,19,21H,3-6,8,10-11,13,15-18H2,1-2H3,(H,27,31)(H,28,32). The number of benzene rings is 1.